The van der Waals surface area contributed by atoms with Gasteiger partial charge in [-0.3, -0.25) is 14.9 Å². The van der Waals surface area contributed by atoms with Gasteiger partial charge in [-0.1, -0.05) is 6.07 Å². The first-order valence-electron chi connectivity index (χ1n) is 9.82. The number of carbonyl (C=O) groups is 1. The Morgan fingerprint density at radius 1 is 1.00 bits per heavy atom. The van der Waals surface area contributed by atoms with Crippen molar-refractivity contribution in [1.82, 2.24) is 0 Å². The highest BCUT2D eigenvalue weighted by molar-refractivity contribution is 6.37. The van der Waals surface area contributed by atoms with Gasteiger partial charge in [-0.25, -0.2) is 0 Å². The molecule has 1 N–H and O–H groups in total. The molecule has 0 atom stereocenters. The number of methoxy groups -OCH3 is 2. The average Bonchev–Trinajstić information content (AvgIpc) is 3.15. The maximum atomic E-state index is 13.3. The molecule has 1 aliphatic rings. The van der Waals surface area contributed by atoms with E-state index in [2.05, 4.69) is 5.10 Å². The Morgan fingerprint density at radius 3 is 2.27 bits per heavy atom. The van der Waals surface area contributed by atoms with Gasteiger partial charge >= 0.3 is 0 Å². The Labute approximate surface area is 189 Å². The van der Waals surface area contributed by atoms with Crippen LogP contribution in [0.5, 0.6) is 17.2 Å². The van der Waals surface area contributed by atoms with E-state index in [1.54, 1.807) is 49.6 Å². The summed E-state index contributed by atoms with van der Waals surface area (Å²) in [5, 5.41) is 26.8. The Morgan fingerprint density at radius 2 is 1.70 bits per heavy atom. The van der Waals surface area contributed by atoms with E-state index >= 15 is 0 Å². The molecular formula is C24H19N3O6. The quantitative estimate of drug-likeness (QED) is 0.346. The first-order valence-corrected chi connectivity index (χ1v) is 9.82. The molecule has 0 fully saturated rings. The molecule has 0 bridgehead atoms. The van der Waals surface area contributed by atoms with Crippen molar-refractivity contribution in [3.05, 3.63) is 93.5 Å². The van der Waals surface area contributed by atoms with E-state index < -0.39 is 10.8 Å². The van der Waals surface area contributed by atoms with Crippen LogP contribution < -0.4 is 14.5 Å². The highest BCUT2D eigenvalue weighted by Gasteiger charge is 2.32. The summed E-state index contributed by atoms with van der Waals surface area (Å²) in [4.78, 5) is 23.8. The van der Waals surface area contributed by atoms with Crippen LogP contribution in [-0.2, 0) is 4.79 Å². The zero-order chi connectivity index (χ0) is 23.5. The second-order valence-corrected chi connectivity index (χ2v) is 7.06. The van der Waals surface area contributed by atoms with Gasteiger partial charge in [0.1, 0.15) is 11.5 Å². The second-order valence-electron chi connectivity index (χ2n) is 7.06. The summed E-state index contributed by atoms with van der Waals surface area (Å²) in [6.45, 7) is 0. The van der Waals surface area contributed by atoms with Gasteiger partial charge in [-0.05, 0) is 60.2 Å². The Kier molecular flexibility index (Phi) is 5.77. The Balaban J connectivity index is 1.79. The molecule has 0 unspecified atom stereocenters. The predicted octanol–water partition coefficient (Wildman–Crippen LogP) is 4.15. The average molecular weight is 445 g/mol. The Bertz CT molecular complexity index is 1280. The number of amides is 1. The van der Waals surface area contributed by atoms with Gasteiger partial charge in [0, 0.05) is 17.7 Å². The molecule has 9 heteroatoms. The first-order chi connectivity index (χ1) is 15.9. The third kappa shape index (κ3) is 4.24. The summed E-state index contributed by atoms with van der Waals surface area (Å²) in [7, 11) is 3.01. The first kappa shape index (κ1) is 21.6. The maximum absolute atomic E-state index is 13.3. The number of nitro benzene ring substituents is 1. The number of phenols is 1. The van der Waals surface area contributed by atoms with Crippen molar-refractivity contribution < 1.29 is 24.3 Å². The minimum atomic E-state index is -0.511. The number of non-ortho nitro benzene ring substituents is 1. The summed E-state index contributed by atoms with van der Waals surface area (Å²) < 4.78 is 10.3. The van der Waals surface area contributed by atoms with E-state index in [-0.39, 0.29) is 11.4 Å². The van der Waals surface area contributed by atoms with Crippen LogP contribution in [-0.4, -0.2) is 35.9 Å². The standard InChI is InChI=1S/C24H19N3O6/c1-32-19-10-4-16(5-11-19)23-20(13-15-3-12-22(33-2)21(28)14-15)24(29)26(25-23)17-6-8-18(9-7-17)27(30)31/h3-14,28H,1-2H3. The number of ether oxygens (including phenoxy) is 2. The lowest BCUT2D eigenvalue weighted by atomic mass is 10.00. The van der Waals surface area contributed by atoms with Gasteiger partial charge in [0.2, 0.25) is 0 Å². The van der Waals surface area contributed by atoms with E-state index in [1.807, 2.05) is 0 Å². The zero-order valence-corrected chi connectivity index (χ0v) is 17.8. The molecule has 0 spiro atoms. The number of aromatic hydroxyl groups is 1. The minimum Gasteiger partial charge on any atom is -0.504 e. The van der Waals surface area contributed by atoms with Gasteiger partial charge in [0.05, 0.1) is 30.4 Å². The molecule has 1 amide bonds. The van der Waals surface area contributed by atoms with Crippen LogP contribution in [0.15, 0.2) is 77.4 Å². The van der Waals surface area contributed by atoms with E-state index in [9.17, 15) is 20.0 Å². The van der Waals surface area contributed by atoms with E-state index in [4.69, 9.17) is 9.47 Å². The predicted molar refractivity (Wildman–Crippen MR) is 123 cm³/mol. The SMILES string of the molecule is COc1ccc(C2=NN(c3ccc([N+](=O)[O-])cc3)C(=O)C2=Cc2ccc(OC)c(O)c2)cc1. The number of rotatable bonds is 6. The number of benzene rings is 3. The van der Waals surface area contributed by atoms with Crippen molar-refractivity contribution in [3.8, 4) is 17.2 Å². The highest BCUT2D eigenvalue weighted by Crippen LogP contribution is 2.32. The van der Waals surface area contributed by atoms with Crippen LogP contribution in [0.3, 0.4) is 0 Å². The van der Waals surface area contributed by atoms with Crippen molar-refractivity contribution in [1.29, 1.82) is 0 Å². The molecule has 1 heterocycles. The molecule has 3 aromatic carbocycles. The fourth-order valence-electron chi connectivity index (χ4n) is 3.36. The van der Waals surface area contributed by atoms with Crippen molar-refractivity contribution in [2.45, 2.75) is 0 Å². The van der Waals surface area contributed by atoms with Crippen molar-refractivity contribution in [2.24, 2.45) is 5.10 Å². The van der Waals surface area contributed by atoms with Gasteiger partial charge in [-0.2, -0.15) is 10.1 Å². The second kappa shape index (κ2) is 8.83. The lowest BCUT2D eigenvalue weighted by Crippen LogP contribution is -2.21. The summed E-state index contributed by atoms with van der Waals surface area (Å²) >= 11 is 0. The topological polar surface area (TPSA) is 114 Å². The van der Waals surface area contributed by atoms with Crippen molar-refractivity contribution >= 4 is 29.1 Å². The number of carbonyl (C=O) groups excluding carboxylic acids is 1. The molecule has 0 saturated carbocycles. The Hall–Kier alpha value is -4.66. The number of hydrogen-bond acceptors (Lipinski definition) is 7. The molecule has 33 heavy (non-hydrogen) atoms. The number of anilines is 1. The maximum Gasteiger partial charge on any atom is 0.281 e. The van der Waals surface area contributed by atoms with Gasteiger partial charge in [-0.15, -0.1) is 0 Å². The van der Waals surface area contributed by atoms with Crippen LogP contribution in [0, 0.1) is 10.1 Å². The van der Waals surface area contributed by atoms with Crippen LogP contribution in [0.4, 0.5) is 11.4 Å². The van der Waals surface area contributed by atoms with Crippen molar-refractivity contribution in [3.63, 3.8) is 0 Å². The third-order valence-electron chi connectivity index (χ3n) is 5.06. The van der Waals surface area contributed by atoms with E-state index in [1.165, 1.54) is 42.5 Å². The lowest BCUT2D eigenvalue weighted by Gasteiger charge is -2.11. The molecule has 9 nitrogen and oxygen atoms in total. The summed E-state index contributed by atoms with van der Waals surface area (Å²) in [6, 6.07) is 17.4. The fourth-order valence-corrected chi connectivity index (χ4v) is 3.36. The summed E-state index contributed by atoms with van der Waals surface area (Å²) in [6.07, 6.45) is 1.62. The number of phenolic OH excluding ortho intramolecular Hbond substituents is 1. The molecule has 0 aliphatic carbocycles. The molecule has 3 aromatic rings. The molecule has 0 aromatic heterocycles. The van der Waals surface area contributed by atoms with E-state index in [0.717, 1.165) is 0 Å². The summed E-state index contributed by atoms with van der Waals surface area (Å²) in [5.74, 6) is 0.491. The monoisotopic (exact) mass is 445 g/mol. The molecular weight excluding hydrogens is 426 g/mol. The van der Waals surface area contributed by atoms with E-state index in [0.29, 0.717) is 39.6 Å². The highest BCUT2D eigenvalue weighted by atomic mass is 16.6. The van der Waals surface area contributed by atoms with Gasteiger partial charge < -0.3 is 14.6 Å². The van der Waals surface area contributed by atoms with Crippen LogP contribution >= 0.6 is 0 Å². The number of nitro groups is 1. The largest absolute Gasteiger partial charge is 0.504 e. The normalized spacial score (nSPS) is 14.4. The summed E-state index contributed by atoms with van der Waals surface area (Å²) in [5.41, 5.74) is 2.26. The smallest absolute Gasteiger partial charge is 0.281 e. The minimum absolute atomic E-state index is 0.0625. The lowest BCUT2D eigenvalue weighted by molar-refractivity contribution is -0.384. The van der Waals surface area contributed by atoms with Crippen LogP contribution in [0.2, 0.25) is 0 Å². The van der Waals surface area contributed by atoms with Gasteiger partial charge in [0.15, 0.2) is 11.5 Å². The molecule has 166 valence electrons. The third-order valence-corrected chi connectivity index (χ3v) is 5.06. The molecule has 4 rings (SSSR count). The molecule has 0 saturated heterocycles. The van der Waals surface area contributed by atoms with Crippen molar-refractivity contribution in [2.75, 3.05) is 19.2 Å². The fraction of sp³-hybridized carbons (Fsp3) is 0.0833. The zero-order valence-electron chi connectivity index (χ0n) is 17.8. The number of hydrogen-bond donors (Lipinski definition) is 1. The number of nitrogens with zero attached hydrogens (tertiary/aromatic N) is 3. The number of hydrazone groups is 1. The van der Waals surface area contributed by atoms with Gasteiger partial charge in [0.25, 0.3) is 11.6 Å². The molecule has 1 aliphatic heterocycles. The van der Waals surface area contributed by atoms with Crippen LogP contribution in [0.25, 0.3) is 6.08 Å². The molecule has 0 radical (unpaired) electrons. The van der Waals surface area contributed by atoms with Crippen LogP contribution in [0.1, 0.15) is 11.1 Å².